The summed E-state index contributed by atoms with van der Waals surface area (Å²) in [7, 11) is 0. The topological polar surface area (TPSA) is 38.0 Å². The highest BCUT2D eigenvalue weighted by molar-refractivity contribution is 5.72. The first-order valence-electron chi connectivity index (χ1n) is 6.52. The van der Waals surface area contributed by atoms with Crippen LogP contribution in [0.5, 0.6) is 0 Å². The highest BCUT2D eigenvalue weighted by Crippen LogP contribution is 2.26. The van der Waals surface area contributed by atoms with Crippen molar-refractivity contribution in [2.75, 3.05) is 11.1 Å². The lowest BCUT2D eigenvalue weighted by Gasteiger charge is -2.12. The zero-order valence-corrected chi connectivity index (χ0v) is 11.3. The van der Waals surface area contributed by atoms with E-state index in [0.717, 1.165) is 12.1 Å². The summed E-state index contributed by atoms with van der Waals surface area (Å²) in [6, 6.07) is 12.5. The highest BCUT2D eigenvalue weighted by atomic mass is 19.1. The molecule has 100 valence electrons. The van der Waals surface area contributed by atoms with Crippen molar-refractivity contribution in [3.05, 3.63) is 53.8 Å². The molecule has 0 aromatic heterocycles. The molecule has 2 rings (SSSR count). The predicted octanol–water partition coefficient (Wildman–Crippen LogP) is 4.67. The van der Waals surface area contributed by atoms with E-state index in [-0.39, 0.29) is 5.82 Å². The summed E-state index contributed by atoms with van der Waals surface area (Å²) < 4.78 is 13.2. The second-order valence-electron chi connectivity index (χ2n) is 4.79. The smallest absolute Gasteiger partial charge is 0.125 e. The van der Waals surface area contributed by atoms with Gasteiger partial charge in [0.15, 0.2) is 0 Å². The number of hydrogen-bond donors (Lipinski definition) is 2. The van der Waals surface area contributed by atoms with Crippen LogP contribution in [0.25, 0.3) is 0 Å². The second kappa shape index (κ2) is 5.74. The van der Waals surface area contributed by atoms with Crippen molar-refractivity contribution in [3.8, 4) is 0 Å². The van der Waals surface area contributed by atoms with Crippen LogP contribution in [0.15, 0.2) is 42.5 Å². The average molecular weight is 258 g/mol. The van der Waals surface area contributed by atoms with Gasteiger partial charge in [0, 0.05) is 5.69 Å². The van der Waals surface area contributed by atoms with E-state index in [1.807, 2.05) is 12.1 Å². The molecule has 2 aromatic rings. The quantitative estimate of drug-likeness (QED) is 0.782. The molecular weight excluding hydrogens is 239 g/mol. The van der Waals surface area contributed by atoms with Crippen molar-refractivity contribution < 1.29 is 4.39 Å². The number of nitrogen functional groups attached to an aromatic ring is 1. The Hall–Kier alpha value is -2.03. The van der Waals surface area contributed by atoms with Gasteiger partial charge in [0.05, 0.1) is 11.4 Å². The third-order valence-electron chi connectivity index (χ3n) is 3.39. The van der Waals surface area contributed by atoms with Gasteiger partial charge in [-0.1, -0.05) is 26.0 Å². The minimum absolute atomic E-state index is 0.298. The van der Waals surface area contributed by atoms with E-state index in [1.165, 1.54) is 17.7 Å². The van der Waals surface area contributed by atoms with Gasteiger partial charge in [-0.3, -0.25) is 0 Å². The molecule has 0 aliphatic heterocycles. The van der Waals surface area contributed by atoms with Crippen LogP contribution in [0.1, 0.15) is 31.7 Å². The van der Waals surface area contributed by atoms with Gasteiger partial charge >= 0.3 is 0 Å². The van der Waals surface area contributed by atoms with E-state index >= 15 is 0 Å². The number of halogens is 1. The molecule has 0 saturated heterocycles. The summed E-state index contributed by atoms with van der Waals surface area (Å²) in [5, 5.41) is 3.13. The monoisotopic (exact) mass is 258 g/mol. The third-order valence-corrected chi connectivity index (χ3v) is 3.39. The van der Waals surface area contributed by atoms with E-state index in [9.17, 15) is 4.39 Å². The van der Waals surface area contributed by atoms with E-state index in [0.29, 0.717) is 17.3 Å². The number of hydrogen-bond acceptors (Lipinski definition) is 2. The Morgan fingerprint density at radius 1 is 1.16 bits per heavy atom. The maximum Gasteiger partial charge on any atom is 0.125 e. The van der Waals surface area contributed by atoms with Gasteiger partial charge in [-0.25, -0.2) is 4.39 Å². The molecule has 0 bridgehead atoms. The summed E-state index contributed by atoms with van der Waals surface area (Å²) in [5.74, 6) is 0.251. The van der Waals surface area contributed by atoms with Gasteiger partial charge in [-0.2, -0.15) is 0 Å². The number of benzene rings is 2. The van der Waals surface area contributed by atoms with Crippen LogP contribution in [0.3, 0.4) is 0 Å². The minimum atomic E-state index is -0.298. The van der Waals surface area contributed by atoms with Crippen molar-refractivity contribution in [2.45, 2.75) is 26.2 Å². The molecular formula is C16H19FN2. The molecule has 0 spiro atoms. The van der Waals surface area contributed by atoms with Gasteiger partial charge < -0.3 is 11.1 Å². The van der Waals surface area contributed by atoms with Crippen LogP contribution in [0.4, 0.5) is 21.5 Å². The molecule has 3 N–H and O–H groups in total. The number of rotatable bonds is 4. The molecule has 2 aromatic carbocycles. The van der Waals surface area contributed by atoms with Gasteiger partial charge in [0.2, 0.25) is 0 Å². The molecule has 0 radical (unpaired) electrons. The lowest BCUT2D eigenvalue weighted by Crippen LogP contribution is -1.97. The number of anilines is 3. The van der Waals surface area contributed by atoms with Crippen molar-refractivity contribution in [1.29, 1.82) is 0 Å². The predicted molar refractivity (Wildman–Crippen MR) is 79.2 cm³/mol. The first kappa shape index (κ1) is 13.4. The van der Waals surface area contributed by atoms with E-state index < -0.39 is 0 Å². The maximum absolute atomic E-state index is 13.2. The standard InChI is InChI=1S/C16H19FN2/c1-3-11(2)12-4-7-14(8-5-12)19-16-10-13(17)6-9-15(16)18/h4-11,19H,3,18H2,1-2H3. The fourth-order valence-corrected chi connectivity index (χ4v) is 1.92. The van der Waals surface area contributed by atoms with Gasteiger partial charge in [-0.05, 0) is 48.2 Å². The van der Waals surface area contributed by atoms with E-state index in [4.69, 9.17) is 5.73 Å². The first-order valence-corrected chi connectivity index (χ1v) is 6.52. The summed E-state index contributed by atoms with van der Waals surface area (Å²) in [4.78, 5) is 0. The van der Waals surface area contributed by atoms with E-state index in [1.54, 1.807) is 6.07 Å². The van der Waals surface area contributed by atoms with Gasteiger partial charge in [-0.15, -0.1) is 0 Å². The lowest BCUT2D eigenvalue weighted by molar-refractivity contribution is 0.628. The van der Waals surface area contributed by atoms with Crippen molar-refractivity contribution >= 4 is 17.1 Å². The van der Waals surface area contributed by atoms with Crippen LogP contribution in [-0.2, 0) is 0 Å². The van der Waals surface area contributed by atoms with Crippen LogP contribution in [0.2, 0.25) is 0 Å². The molecule has 0 aliphatic rings. The Labute approximate surface area is 113 Å². The molecule has 0 saturated carbocycles. The normalized spacial score (nSPS) is 12.2. The Morgan fingerprint density at radius 2 is 1.84 bits per heavy atom. The zero-order valence-electron chi connectivity index (χ0n) is 11.3. The largest absolute Gasteiger partial charge is 0.397 e. The van der Waals surface area contributed by atoms with Gasteiger partial charge in [0.1, 0.15) is 5.82 Å². The molecule has 0 aliphatic carbocycles. The molecule has 19 heavy (non-hydrogen) atoms. The summed E-state index contributed by atoms with van der Waals surface area (Å²) in [5.41, 5.74) is 9.15. The van der Waals surface area contributed by atoms with Crippen LogP contribution < -0.4 is 11.1 Å². The molecule has 0 heterocycles. The molecule has 2 nitrogen and oxygen atoms in total. The first-order chi connectivity index (χ1) is 9.10. The molecule has 1 unspecified atom stereocenters. The fraction of sp³-hybridized carbons (Fsp3) is 0.250. The van der Waals surface area contributed by atoms with Crippen LogP contribution in [-0.4, -0.2) is 0 Å². The SMILES string of the molecule is CCC(C)c1ccc(Nc2cc(F)ccc2N)cc1. The minimum Gasteiger partial charge on any atom is -0.397 e. The van der Waals surface area contributed by atoms with Crippen molar-refractivity contribution in [1.82, 2.24) is 0 Å². The maximum atomic E-state index is 13.2. The fourth-order valence-electron chi connectivity index (χ4n) is 1.92. The number of nitrogens with two attached hydrogens (primary N) is 1. The summed E-state index contributed by atoms with van der Waals surface area (Å²) in [6.45, 7) is 4.37. The Morgan fingerprint density at radius 3 is 2.47 bits per heavy atom. The molecule has 1 atom stereocenters. The second-order valence-corrected chi connectivity index (χ2v) is 4.79. The van der Waals surface area contributed by atoms with Crippen LogP contribution >= 0.6 is 0 Å². The van der Waals surface area contributed by atoms with Crippen LogP contribution in [0, 0.1) is 5.82 Å². The molecule has 3 heteroatoms. The van der Waals surface area contributed by atoms with E-state index in [2.05, 4.69) is 31.3 Å². The van der Waals surface area contributed by atoms with Crippen molar-refractivity contribution in [2.24, 2.45) is 0 Å². The zero-order chi connectivity index (χ0) is 13.8. The average Bonchev–Trinajstić information content (AvgIpc) is 2.43. The van der Waals surface area contributed by atoms with Gasteiger partial charge in [0.25, 0.3) is 0 Å². The van der Waals surface area contributed by atoms with Crippen molar-refractivity contribution in [3.63, 3.8) is 0 Å². The summed E-state index contributed by atoms with van der Waals surface area (Å²) >= 11 is 0. The Bertz CT molecular complexity index is 549. The Balaban J connectivity index is 2.17. The Kier molecular flexibility index (Phi) is 4.05. The number of nitrogens with one attached hydrogen (secondary N) is 1. The highest BCUT2D eigenvalue weighted by Gasteiger charge is 2.04. The summed E-state index contributed by atoms with van der Waals surface area (Å²) in [6.07, 6.45) is 1.11. The third kappa shape index (κ3) is 3.25. The molecule has 0 fully saturated rings. The molecule has 0 amide bonds. The lowest BCUT2D eigenvalue weighted by atomic mass is 9.98.